The number of piperidine rings is 1. The van der Waals surface area contributed by atoms with Crippen molar-refractivity contribution in [2.24, 2.45) is 11.8 Å². The molecule has 0 bridgehead atoms. The second-order valence-corrected chi connectivity index (χ2v) is 9.26. The van der Waals surface area contributed by atoms with E-state index >= 15 is 0 Å². The molecule has 1 saturated carbocycles. The van der Waals surface area contributed by atoms with Crippen LogP contribution in [0.5, 0.6) is 0 Å². The summed E-state index contributed by atoms with van der Waals surface area (Å²) in [5, 5.41) is 5.13. The molecule has 1 N–H and O–H groups in total. The smallest absolute Gasteiger partial charge is 0.265 e. The van der Waals surface area contributed by atoms with Gasteiger partial charge in [-0.3, -0.25) is 9.59 Å². The summed E-state index contributed by atoms with van der Waals surface area (Å²) in [6, 6.07) is 9.11. The van der Waals surface area contributed by atoms with Gasteiger partial charge >= 0.3 is 0 Å². The van der Waals surface area contributed by atoms with Crippen LogP contribution in [0.1, 0.15) is 59.1 Å². The first-order valence-corrected chi connectivity index (χ1v) is 11.3. The number of rotatable bonds is 3. The van der Waals surface area contributed by atoms with E-state index in [0.29, 0.717) is 39.0 Å². The number of halogens is 1. The Morgan fingerprint density at radius 2 is 2.00 bits per heavy atom. The number of nitrogens with one attached hydrogen (secondary N) is 1. The first-order chi connectivity index (χ1) is 13.5. The zero-order chi connectivity index (χ0) is 19.7. The second-order valence-electron chi connectivity index (χ2n) is 7.91. The van der Waals surface area contributed by atoms with Crippen LogP contribution in [-0.4, -0.2) is 29.3 Å². The van der Waals surface area contributed by atoms with Gasteiger partial charge < -0.3 is 10.2 Å². The molecule has 0 spiro atoms. The quantitative estimate of drug-likeness (QED) is 0.698. The number of likely N-dealkylation sites (tertiary alicyclic amines) is 1. The highest BCUT2D eigenvalue weighted by atomic mass is 35.5. The Morgan fingerprint density at radius 3 is 2.79 bits per heavy atom. The van der Waals surface area contributed by atoms with Crippen LogP contribution in [0.3, 0.4) is 0 Å². The minimum atomic E-state index is -0.208. The molecule has 2 aromatic rings. The van der Waals surface area contributed by atoms with Gasteiger partial charge in [-0.25, -0.2) is 0 Å². The van der Waals surface area contributed by atoms with Crippen LogP contribution < -0.4 is 5.32 Å². The lowest BCUT2D eigenvalue weighted by Gasteiger charge is -2.47. The van der Waals surface area contributed by atoms with E-state index in [1.807, 2.05) is 11.4 Å². The number of thiophene rings is 1. The van der Waals surface area contributed by atoms with Gasteiger partial charge in [-0.1, -0.05) is 37.4 Å². The summed E-state index contributed by atoms with van der Waals surface area (Å²) in [5.74, 6) is 1.13. The normalized spacial score (nSPS) is 24.5. The largest absolute Gasteiger partial charge is 0.335 e. The number of benzene rings is 1. The molecule has 2 fully saturated rings. The molecular weight excluding hydrogens is 392 g/mol. The number of amides is 2. The van der Waals surface area contributed by atoms with Gasteiger partial charge in [-0.2, -0.15) is 0 Å². The van der Waals surface area contributed by atoms with Crippen molar-refractivity contribution in [3.63, 3.8) is 0 Å². The van der Waals surface area contributed by atoms with Gasteiger partial charge in [-0.05, 0) is 60.7 Å². The van der Waals surface area contributed by atoms with Crippen molar-refractivity contribution in [2.75, 3.05) is 11.9 Å². The number of hydrogen-bond donors (Lipinski definition) is 1. The standard InChI is InChI=1S/C22H25ClN2O2S/c1-14-10-11-25(19-6-3-2-5-16(14)19)22(27)15-8-9-17(23)18(13-15)24-21(26)20-7-4-12-28-20/h4,7-9,12-14,16,19H,2-3,5-6,10-11H2,1H3,(H,24,26). The highest BCUT2D eigenvalue weighted by Gasteiger charge is 2.39. The van der Waals surface area contributed by atoms with Crippen molar-refractivity contribution in [3.05, 3.63) is 51.2 Å². The van der Waals surface area contributed by atoms with E-state index in [0.717, 1.165) is 19.4 Å². The molecule has 1 aromatic carbocycles. The molecule has 2 heterocycles. The third kappa shape index (κ3) is 3.83. The lowest BCUT2D eigenvalue weighted by Crippen LogP contribution is -2.52. The summed E-state index contributed by atoms with van der Waals surface area (Å²) in [7, 11) is 0. The molecule has 0 radical (unpaired) electrons. The Morgan fingerprint density at radius 1 is 1.18 bits per heavy atom. The molecular formula is C22H25ClN2O2S. The zero-order valence-electron chi connectivity index (χ0n) is 16.0. The van der Waals surface area contributed by atoms with Crippen LogP contribution in [0, 0.1) is 11.8 Å². The average molecular weight is 417 g/mol. The van der Waals surface area contributed by atoms with E-state index in [4.69, 9.17) is 11.6 Å². The monoisotopic (exact) mass is 416 g/mol. The third-order valence-electron chi connectivity index (χ3n) is 6.21. The van der Waals surface area contributed by atoms with Crippen LogP contribution in [-0.2, 0) is 0 Å². The average Bonchev–Trinajstić information content (AvgIpc) is 3.25. The van der Waals surface area contributed by atoms with Crippen molar-refractivity contribution in [1.82, 2.24) is 4.90 Å². The van der Waals surface area contributed by atoms with Crippen LogP contribution in [0.25, 0.3) is 0 Å². The summed E-state index contributed by atoms with van der Waals surface area (Å²) in [5.41, 5.74) is 1.07. The van der Waals surface area contributed by atoms with Crippen molar-refractivity contribution in [3.8, 4) is 0 Å². The maximum absolute atomic E-state index is 13.3. The molecule has 3 unspecified atom stereocenters. The molecule has 1 aliphatic carbocycles. The second kappa shape index (κ2) is 8.26. The molecule has 1 aliphatic heterocycles. The summed E-state index contributed by atoms with van der Waals surface area (Å²) in [4.78, 5) is 28.4. The predicted octanol–water partition coefficient (Wildman–Crippen LogP) is 5.69. The Kier molecular flexibility index (Phi) is 5.74. The van der Waals surface area contributed by atoms with Gasteiger partial charge in [0.25, 0.3) is 11.8 Å². The number of fused-ring (bicyclic) bond motifs is 1. The van der Waals surface area contributed by atoms with Crippen LogP contribution in [0.15, 0.2) is 35.7 Å². The number of carbonyl (C=O) groups is 2. The van der Waals surface area contributed by atoms with Gasteiger partial charge in [0.05, 0.1) is 15.6 Å². The molecule has 6 heteroatoms. The zero-order valence-corrected chi connectivity index (χ0v) is 17.6. The number of carbonyl (C=O) groups excluding carboxylic acids is 2. The lowest BCUT2D eigenvalue weighted by atomic mass is 9.72. The Labute approximate surface area is 174 Å². The topological polar surface area (TPSA) is 49.4 Å². The van der Waals surface area contributed by atoms with E-state index in [2.05, 4.69) is 17.1 Å². The predicted molar refractivity (Wildman–Crippen MR) is 114 cm³/mol. The van der Waals surface area contributed by atoms with Gasteiger partial charge in [0.2, 0.25) is 0 Å². The number of anilines is 1. The van der Waals surface area contributed by atoms with Crippen LogP contribution in [0.4, 0.5) is 5.69 Å². The van der Waals surface area contributed by atoms with Gasteiger partial charge in [0.15, 0.2) is 0 Å². The fraction of sp³-hybridized carbons (Fsp3) is 0.455. The molecule has 1 saturated heterocycles. The first-order valence-electron chi connectivity index (χ1n) is 10.00. The molecule has 4 nitrogen and oxygen atoms in total. The van der Waals surface area contributed by atoms with Crippen molar-refractivity contribution < 1.29 is 9.59 Å². The lowest BCUT2D eigenvalue weighted by molar-refractivity contribution is 0.0217. The summed E-state index contributed by atoms with van der Waals surface area (Å²) in [6.45, 7) is 3.13. The summed E-state index contributed by atoms with van der Waals surface area (Å²) >= 11 is 7.66. The van der Waals surface area contributed by atoms with Crippen molar-refractivity contribution in [1.29, 1.82) is 0 Å². The summed E-state index contributed by atoms with van der Waals surface area (Å²) in [6.07, 6.45) is 5.84. The molecule has 148 valence electrons. The molecule has 4 rings (SSSR count). The highest BCUT2D eigenvalue weighted by molar-refractivity contribution is 7.12. The Hall–Kier alpha value is -1.85. The maximum atomic E-state index is 13.3. The molecule has 3 atom stereocenters. The molecule has 28 heavy (non-hydrogen) atoms. The van der Waals surface area contributed by atoms with E-state index in [-0.39, 0.29) is 11.8 Å². The molecule has 1 aromatic heterocycles. The maximum Gasteiger partial charge on any atom is 0.265 e. The van der Waals surface area contributed by atoms with Gasteiger partial charge in [0, 0.05) is 18.2 Å². The molecule has 2 aliphatic rings. The minimum absolute atomic E-state index is 0.0482. The van der Waals surface area contributed by atoms with E-state index in [1.165, 1.54) is 30.6 Å². The van der Waals surface area contributed by atoms with Crippen molar-refractivity contribution in [2.45, 2.75) is 45.1 Å². The van der Waals surface area contributed by atoms with Crippen LogP contribution in [0.2, 0.25) is 5.02 Å². The fourth-order valence-electron chi connectivity index (χ4n) is 4.68. The van der Waals surface area contributed by atoms with E-state index in [1.54, 1.807) is 24.3 Å². The number of hydrogen-bond acceptors (Lipinski definition) is 3. The SMILES string of the molecule is CC1CCN(C(=O)c2ccc(Cl)c(NC(=O)c3cccs3)c2)C2CCCCC12. The van der Waals surface area contributed by atoms with Gasteiger partial charge in [-0.15, -0.1) is 11.3 Å². The first kappa shape index (κ1) is 19.5. The Balaban J connectivity index is 1.55. The Bertz CT molecular complexity index is 867. The number of nitrogens with zero attached hydrogens (tertiary/aromatic N) is 1. The molecule has 2 amide bonds. The van der Waals surface area contributed by atoms with E-state index in [9.17, 15) is 9.59 Å². The third-order valence-corrected chi connectivity index (χ3v) is 7.40. The highest BCUT2D eigenvalue weighted by Crippen LogP contribution is 2.39. The fourth-order valence-corrected chi connectivity index (χ4v) is 5.46. The summed E-state index contributed by atoms with van der Waals surface area (Å²) < 4.78 is 0. The minimum Gasteiger partial charge on any atom is -0.335 e. The van der Waals surface area contributed by atoms with Crippen LogP contribution >= 0.6 is 22.9 Å². The van der Waals surface area contributed by atoms with Gasteiger partial charge in [0.1, 0.15) is 0 Å². The van der Waals surface area contributed by atoms with E-state index < -0.39 is 0 Å². The van der Waals surface area contributed by atoms with Crippen molar-refractivity contribution >= 4 is 40.4 Å².